The molecule has 1 unspecified atom stereocenters. The first kappa shape index (κ1) is 23.2. The Morgan fingerprint density at radius 3 is 2.64 bits per heavy atom. The minimum atomic E-state index is -0.137. The van der Waals surface area contributed by atoms with E-state index in [1.807, 2.05) is 63.6 Å². The van der Waals surface area contributed by atoms with Gasteiger partial charge in [-0.05, 0) is 73.4 Å². The van der Waals surface area contributed by atoms with Gasteiger partial charge in [-0.2, -0.15) is 5.10 Å². The minimum Gasteiger partial charge on any atom is -0.346 e. The third-order valence-electron chi connectivity index (χ3n) is 6.24. The zero-order valence-corrected chi connectivity index (χ0v) is 20.8. The molecule has 5 rings (SSSR count). The summed E-state index contributed by atoms with van der Waals surface area (Å²) in [5.74, 6) is 0.450. The molecule has 180 valence electrons. The van der Waals surface area contributed by atoms with Gasteiger partial charge in [0.05, 0.1) is 23.4 Å². The monoisotopic (exact) mass is 476 g/mol. The second-order valence-corrected chi connectivity index (χ2v) is 9.13. The molecular weight excluding hydrogens is 448 g/mol. The van der Waals surface area contributed by atoms with Crippen LogP contribution in [0.15, 0.2) is 79.3 Å². The second kappa shape index (κ2) is 9.62. The summed E-state index contributed by atoms with van der Waals surface area (Å²) in [6, 6.07) is 20.0. The molecule has 2 N–H and O–H groups in total. The van der Waals surface area contributed by atoms with Crippen LogP contribution in [0.1, 0.15) is 40.0 Å². The highest BCUT2D eigenvalue weighted by atomic mass is 16.1. The largest absolute Gasteiger partial charge is 0.346 e. The Hall–Kier alpha value is -4.52. The van der Waals surface area contributed by atoms with Crippen molar-refractivity contribution in [1.82, 2.24) is 25.1 Å². The van der Waals surface area contributed by atoms with Crippen LogP contribution in [-0.2, 0) is 7.05 Å². The maximum absolute atomic E-state index is 12.8. The maximum Gasteiger partial charge on any atom is 0.251 e. The Labute approximate surface area is 210 Å². The molecule has 2 aromatic heterocycles. The number of fused-ring (bicyclic) bond motifs is 1. The van der Waals surface area contributed by atoms with E-state index in [-0.39, 0.29) is 11.9 Å². The van der Waals surface area contributed by atoms with E-state index in [0.717, 1.165) is 44.4 Å². The smallest absolute Gasteiger partial charge is 0.251 e. The Kier molecular flexibility index (Phi) is 6.21. The lowest BCUT2D eigenvalue weighted by Gasteiger charge is -2.17. The summed E-state index contributed by atoms with van der Waals surface area (Å²) in [7, 11) is 1.86. The number of hydrogen-bond acceptors (Lipinski definition) is 5. The summed E-state index contributed by atoms with van der Waals surface area (Å²) in [4.78, 5) is 21.9. The Bertz CT molecular complexity index is 1570. The highest BCUT2D eigenvalue weighted by molar-refractivity contribution is 5.94. The lowest BCUT2D eigenvalue weighted by Crippen LogP contribution is -2.26. The standard InChI is InChI=1S/C29H28N6O/c1-18-6-5-7-23(12-18)28(36)32-20(3)21-9-8-19(2)26(14-21)22-10-11-27-24(13-22)15-30-29(34-27)33-25-16-31-35(4)17-25/h5-17,20H,1-4H3,(H,32,36)(H,30,33,34). The number of anilines is 2. The Balaban J connectivity index is 1.38. The highest BCUT2D eigenvalue weighted by Crippen LogP contribution is 2.29. The molecule has 0 fully saturated rings. The van der Waals surface area contributed by atoms with E-state index in [0.29, 0.717) is 11.5 Å². The van der Waals surface area contributed by atoms with Crippen molar-refractivity contribution >= 4 is 28.4 Å². The van der Waals surface area contributed by atoms with Crippen molar-refractivity contribution < 1.29 is 4.79 Å². The summed E-state index contributed by atoms with van der Waals surface area (Å²) in [5, 5.41) is 11.4. The molecule has 0 radical (unpaired) electrons. The molecule has 1 atom stereocenters. The molecule has 7 heteroatoms. The predicted molar refractivity (Wildman–Crippen MR) is 143 cm³/mol. The molecule has 0 aliphatic rings. The molecule has 0 saturated heterocycles. The molecule has 0 aliphatic carbocycles. The maximum atomic E-state index is 12.8. The number of rotatable bonds is 6. The van der Waals surface area contributed by atoms with Gasteiger partial charge in [-0.3, -0.25) is 9.48 Å². The molecule has 2 heterocycles. The van der Waals surface area contributed by atoms with Gasteiger partial charge >= 0.3 is 0 Å². The van der Waals surface area contributed by atoms with Crippen LogP contribution in [0.25, 0.3) is 22.0 Å². The fourth-order valence-electron chi connectivity index (χ4n) is 4.25. The molecule has 0 bridgehead atoms. The zero-order chi connectivity index (χ0) is 25.2. The molecule has 0 saturated carbocycles. The van der Waals surface area contributed by atoms with Crippen molar-refractivity contribution in [3.8, 4) is 11.1 Å². The van der Waals surface area contributed by atoms with Crippen LogP contribution in [0.4, 0.5) is 11.6 Å². The number of carbonyl (C=O) groups excluding carboxylic acids is 1. The first-order chi connectivity index (χ1) is 17.4. The Morgan fingerprint density at radius 2 is 1.86 bits per heavy atom. The van der Waals surface area contributed by atoms with E-state index in [9.17, 15) is 4.79 Å². The molecule has 0 aliphatic heterocycles. The van der Waals surface area contributed by atoms with Crippen LogP contribution in [0.3, 0.4) is 0 Å². The average Bonchev–Trinajstić information content (AvgIpc) is 3.28. The van der Waals surface area contributed by atoms with Gasteiger partial charge in [0.25, 0.3) is 5.91 Å². The summed E-state index contributed by atoms with van der Waals surface area (Å²) >= 11 is 0. The minimum absolute atomic E-state index is 0.0770. The number of nitrogens with zero attached hydrogens (tertiary/aromatic N) is 4. The van der Waals surface area contributed by atoms with Crippen LogP contribution in [0.5, 0.6) is 0 Å². The van der Waals surface area contributed by atoms with Crippen molar-refractivity contribution in [3.63, 3.8) is 0 Å². The highest BCUT2D eigenvalue weighted by Gasteiger charge is 2.14. The normalized spacial score (nSPS) is 11.9. The fourth-order valence-corrected chi connectivity index (χ4v) is 4.25. The van der Waals surface area contributed by atoms with Gasteiger partial charge in [0.1, 0.15) is 0 Å². The second-order valence-electron chi connectivity index (χ2n) is 9.13. The SMILES string of the molecule is Cc1cccc(C(=O)NC(C)c2ccc(C)c(-c3ccc4nc(Nc5cnn(C)c5)ncc4c3)c2)c1. The van der Waals surface area contributed by atoms with E-state index >= 15 is 0 Å². The van der Waals surface area contributed by atoms with Crippen LogP contribution in [0.2, 0.25) is 0 Å². The number of benzene rings is 3. The number of hydrogen-bond donors (Lipinski definition) is 2. The van der Waals surface area contributed by atoms with Gasteiger partial charge in [-0.15, -0.1) is 0 Å². The molecule has 3 aromatic carbocycles. The number of aryl methyl sites for hydroxylation is 3. The first-order valence-corrected chi connectivity index (χ1v) is 11.9. The van der Waals surface area contributed by atoms with Crippen LogP contribution in [-0.4, -0.2) is 25.7 Å². The third-order valence-corrected chi connectivity index (χ3v) is 6.24. The van der Waals surface area contributed by atoms with E-state index in [1.165, 1.54) is 0 Å². The lowest BCUT2D eigenvalue weighted by molar-refractivity contribution is 0.0940. The van der Waals surface area contributed by atoms with E-state index < -0.39 is 0 Å². The van der Waals surface area contributed by atoms with Crippen molar-refractivity contribution in [3.05, 3.63) is 102 Å². The molecule has 7 nitrogen and oxygen atoms in total. The number of amides is 1. The van der Waals surface area contributed by atoms with Crippen molar-refractivity contribution in [2.24, 2.45) is 7.05 Å². The molecule has 0 spiro atoms. The topological polar surface area (TPSA) is 84.7 Å². The van der Waals surface area contributed by atoms with Crippen LogP contribution >= 0.6 is 0 Å². The predicted octanol–water partition coefficient (Wildman–Crippen LogP) is 5.88. The van der Waals surface area contributed by atoms with Crippen LogP contribution < -0.4 is 10.6 Å². The van der Waals surface area contributed by atoms with Gasteiger partial charge in [-0.25, -0.2) is 9.97 Å². The average molecular weight is 477 g/mol. The van der Waals surface area contributed by atoms with E-state index in [1.54, 1.807) is 10.9 Å². The Morgan fingerprint density at radius 1 is 1.00 bits per heavy atom. The molecule has 5 aromatic rings. The van der Waals surface area contributed by atoms with E-state index in [2.05, 4.69) is 63.0 Å². The summed E-state index contributed by atoms with van der Waals surface area (Å²) in [6.07, 6.45) is 5.43. The number of nitrogens with one attached hydrogen (secondary N) is 2. The quantitative estimate of drug-likeness (QED) is 0.320. The molecular formula is C29H28N6O. The van der Waals surface area contributed by atoms with Gasteiger partial charge < -0.3 is 10.6 Å². The lowest BCUT2D eigenvalue weighted by atomic mass is 9.95. The third kappa shape index (κ3) is 4.95. The fraction of sp³-hybridized carbons (Fsp3) is 0.172. The zero-order valence-electron chi connectivity index (χ0n) is 20.8. The van der Waals surface area contributed by atoms with Crippen molar-refractivity contribution in [1.29, 1.82) is 0 Å². The van der Waals surface area contributed by atoms with Crippen LogP contribution in [0, 0.1) is 13.8 Å². The van der Waals surface area contributed by atoms with Crippen molar-refractivity contribution in [2.75, 3.05) is 5.32 Å². The number of aromatic nitrogens is 4. The summed E-state index contributed by atoms with van der Waals surface area (Å²) < 4.78 is 1.72. The van der Waals surface area contributed by atoms with Gasteiger partial charge in [0.15, 0.2) is 0 Å². The first-order valence-electron chi connectivity index (χ1n) is 11.9. The van der Waals surface area contributed by atoms with Gasteiger partial charge in [0.2, 0.25) is 5.95 Å². The van der Waals surface area contributed by atoms with Crippen molar-refractivity contribution in [2.45, 2.75) is 26.8 Å². The number of carbonyl (C=O) groups is 1. The van der Waals surface area contributed by atoms with Gasteiger partial charge in [-0.1, -0.05) is 35.9 Å². The molecule has 1 amide bonds. The molecule has 36 heavy (non-hydrogen) atoms. The summed E-state index contributed by atoms with van der Waals surface area (Å²) in [6.45, 7) is 6.09. The summed E-state index contributed by atoms with van der Waals surface area (Å²) in [5.41, 5.74) is 7.82. The van der Waals surface area contributed by atoms with Gasteiger partial charge in [0, 0.05) is 30.4 Å². The van der Waals surface area contributed by atoms with E-state index in [4.69, 9.17) is 0 Å².